The van der Waals surface area contributed by atoms with E-state index in [0.717, 1.165) is 12.1 Å². The van der Waals surface area contributed by atoms with Crippen molar-refractivity contribution in [2.24, 2.45) is 5.41 Å². The van der Waals surface area contributed by atoms with Crippen molar-refractivity contribution in [3.63, 3.8) is 0 Å². The first kappa shape index (κ1) is 21.2. The summed E-state index contributed by atoms with van der Waals surface area (Å²) in [6, 6.07) is 5.55. The zero-order valence-electron chi connectivity index (χ0n) is 17.9. The highest BCUT2D eigenvalue weighted by molar-refractivity contribution is 6.04. The first-order valence-corrected chi connectivity index (χ1v) is 10.1. The fourth-order valence-electron chi connectivity index (χ4n) is 4.05. The van der Waals surface area contributed by atoms with Crippen LogP contribution in [0.5, 0.6) is 0 Å². The molecule has 1 aromatic rings. The average Bonchev–Trinajstić information content (AvgIpc) is 2.63. The van der Waals surface area contributed by atoms with Gasteiger partial charge in [0.2, 0.25) is 0 Å². The molecule has 1 unspecified atom stereocenters. The van der Waals surface area contributed by atoms with E-state index in [4.69, 9.17) is 9.47 Å². The van der Waals surface area contributed by atoms with Crippen molar-refractivity contribution in [3.8, 4) is 0 Å². The quantitative estimate of drug-likeness (QED) is 0.582. The van der Waals surface area contributed by atoms with E-state index in [1.165, 1.54) is 0 Å². The molecule has 2 heterocycles. The van der Waals surface area contributed by atoms with Gasteiger partial charge < -0.3 is 14.8 Å². The molecule has 1 N–H and O–H groups in total. The Labute approximate surface area is 172 Å². The van der Waals surface area contributed by atoms with Crippen molar-refractivity contribution >= 4 is 11.8 Å². The van der Waals surface area contributed by atoms with Crippen molar-refractivity contribution in [1.29, 1.82) is 0 Å². The highest BCUT2D eigenvalue weighted by Crippen LogP contribution is 2.46. The van der Waals surface area contributed by atoms with Crippen LogP contribution in [0.4, 0.5) is 0 Å². The third kappa shape index (κ3) is 4.75. The van der Waals surface area contributed by atoms with Gasteiger partial charge in [0.25, 0.3) is 0 Å². The van der Waals surface area contributed by atoms with Gasteiger partial charge >= 0.3 is 5.97 Å². The molecule has 0 amide bonds. The SMILES string of the molecule is CC1=C(C(=O)OCCOC(C)C)C(c2ccccn2)C2=C(CC(C)(C)CC2=O)N1. The fraction of sp³-hybridized carbons (Fsp3) is 0.522. The lowest BCUT2D eigenvalue weighted by Crippen LogP contribution is -2.39. The fourth-order valence-corrected chi connectivity index (χ4v) is 4.05. The molecule has 0 fully saturated rings. The summed E-state index contributed by atoms with van der Waals surface area (Å²) in [5.74, 6) is -0.905. The molecule has 6 nitrogen and oxygen atoms in total. The van der Waals surface area contributed by atoms with Gasteiger partial charge in [-0.3, -0.25) is 9.78 Å². The summed E-state index contributed by atoms with van der Waals surface area (Å²) in [5.41, 5.74) is 3.24. The molecule has 2 aliphatic rings. The number of dihydropyridines is 1. The van der Waals surface area contributed by atoms with Crippen molar-refractivity contribution in [3.05, 3.63) is 52.6 Å². The molecule has 156 valence electrons. The number of rotatable bonds is 6. The number of ether oxygens (including phenoxy) is 2. The Morgan fingerprint density at radius 3 is 2.69 bits per heavy atom. The Morgan fingerprint density at radius 1 is 1.28 bits per heavy atom. The van der Waals surface area contributed by atoms with Crippen LogP contribution in [0.25, 0.3) is 0 Å². The van der Waals surface area contributed by atoms with Gasteiger partial charge in [0, 0.05) is 29.6 Å². The van der Waals surface area contributed by atoms with E-state index in [1.54, 1.807) is 6.20 Å². The lowest BCUT2D eigenvalue weighted by Gasteiger charge is -2.39. The second kappa shape index (κ2) is 8.49. The van der Waals surface area contributed by atoms with Crippen molar-refractivity contribution in [2.75, 3.05) is 13.2 Å². The number of carbonyl (C=O) groups excluding carboxylic acids is 2. The standard InChI is InChI=1S/C23H30N2O4/c1-14(2)28-10-11-29-22(27)19-15(3)25-17-12-23(4,5)13-18(26)20(17)21(19)16-8-6-7-9-24-16/h6-9,14,21,25H,10-13H2,1-5H3. The Balaban J connectivity index is 1.95. The third-order valence-electron chi connectivity index (χ3n) is 5.21. The average molecular weight is 399 g/mol. The van der Waals surface area contributed by atoms with Crippen LogP contribution < -0.4 is 5.32 Å². The van der Waals surface area contributed by atoms with E-state index in [2.05, 4.69) is 24.1 Å². The monoisotopic (exact) mass is 398 g/mol. The number of carbonyl (C=O) groups is 2. The first-order valence-electron chi connectivity index (χ1n) is 10.1. The van der Waals surface area contributed by atoms with Crippen LogP contribution in [-0.2, 0) is 19.1 Å². The predicted molar refractivity (Wildman–Crippen MR) is 110 cm³/mol. The van der Waals surface area contributed by atoms with Crippen LogP contribution in [0.1, 0.15) is 59.1 Å². The van der Waals surface area contributed by atoms with Crippen LogP contribution in [-0.4, -0.2) is 36.1 Å². The number of nitrogens with zero attached hydrogens (tertiary/aromatic N) is 1. The third-order valence-corrected chi connectivity index (χ3v) is 5.21. The van der Waals surface area contributed by atoms with E-state index in [1.807, 2.05) is 39.0 Å². The molecular formula is C23H30N2O4. The molecule has 0 saturated heterocycles. The molecule has 1 aromatic heterocycles. The highest BCUT2D eigenvalue weighted by Gasteiger charge is 2.43. The number of hydrogen-bond acceptors (Lipinski definition) is 6. The molecule has 1 aliphatic carbocycles. The van der Waals surface area contributed by atoms with Crippen LogP contribution in [0, 0.1) is 5.41 Å². The molecule has 0 spiro atoms. The first-order chi connectivity index (χ1) is 13.7. The summed E-state index contributed by atoms with van der Waals surface area (Å²) in [6.45, 7) is 10.4. The van der Waals surface area contributed by atoms with Crippen LogP contribution in [0.3, 0.4) is 0 Å². The van der Waals surface area contributed by atoms with Gasteiger partial charge in [0.15, 0.2) is 5.78 Å². The summed E-state index contributed by atoms with van der Waals surface area (Å²) < 4.78 is 10.9. The number of ketones is 1. The summed E-state index contributed by atoms with van der Waals surface area (Å²) in [7, 11) is 0. The number of nitrogens with one attached hydrogen (secondary N) is 1. The van der Waals surface area contributed by atoms with Gasteiger partial charge in [-0.05, 0) is 44.7 Å². The van der Waals surface area contributed by atoms with Crippen molar-refractivity contribution < 1.29 is 19.1 Å². The molecule has 3 rings (SSSR count). The Bertz CT molecular complexity index is 853. The molecule has 29 heavy (non-hydrogen) atoms. The summed E-state index contributed by atoms with van der Waals surface area (Å²) in [5, 5.41) is 3.32. The topological polar surface area (TPSA) is 77.5 Å². The van der Waals surface area contributed by atoms with Gasteiger partial charge in [-0.25, -0.2) is 4.79 Å². The van der Waals surface area contributed by atoms with Crippen molar-refractivity contribution in [1.82, 2.24) is 10.3 Å². The number of allylic oxidation sites excluding steroid dienone is 3. The lowest BCUT2D eigenvalue weighted by atomic mass is 9.69. The zero-order valence-corrected chi connectivity index (χ0v) is 17.9. The van der Waals surface area contributed by atoms with E-state index in [-0.39, 0.29) is 23.9 Å². The molecule has 0 saturated carbocycles. The van der Waals surface area contributed by atoms with Crippen LogP contribution in [0.2, 0.25) is 0 Å². The molecule has 6 heteroatoms. The zero-order chi connectivity index (χ0) is 21.2. The largest absolute Gasteiger partial charge is 0.460 e. The van der Waals surface area contributed by atoms with E-state index >= 15 is 0 Å². The number of hydrogen-bond donors (Lipinski definition) is 1. The Kier molecular flexibility index (Phi) is 6.22. The minimum atomic E-state index is -0.519. The van der Waals surface area contributed by atoms with Gasteiger partial charge in [-0.15, -0.1) is 0 Å². The van der Waals surface area contributed by atoms with E-state index in [0.29, 0.717) is 35.6 Å². The number of aromatic nitrogens is 1. The Hall–Kier alpha value is -2.47. The molecule has 0 aromatic carbocycles. The van der Waals surface area contributed by atoms with Crippen molar-refractivity contribution in [2.45, 2.75) is 59.5 Å². The number of esters is 1. The maximum Gasteiger partial charge on any atom is 0.336 e. The highest BCUT2D eigenvalue weighted by atomic mass is 16.6. The second-order valence-electron chi connectivity index (χ2n) is 8.74. The van der Waals surface area contributed by atoms with Crippen LogP contribution >= 0.6 is 0 Å². The summed E-state index contributed by atoms with van der Waals surface area (Å²) >= 11 is 0. The van der Waals surface area contributed by atoms with E-state index < -0.39 is 11.9 Å². The number of Topliss-reactive ketones (excluding diaryl/α,β-unsaturated/α-hetero) is 1. The predicted octanol–water partition coefficient (Wildman–Crippen LogP) is 3.65. The number of pyridine rings is 1. The minimum Gasteiger partial charge on any atom is -0.460 e. The molecule has 1 atom stereocenters. The maximum absolute atomic E-state index is 13.1. The van der Waals surface area contributed by atoms with Gasteiger partial charge in [-0.2, -0.15) is 0 Å². The Morgan fingerprint density at radius 2 is 2.03 bits per heavy atom. The normalized spacial score (nSPS) is 21.2. The second-order valence-corrected chi connectivity index (χ2v) is 8.74. The maximum atomic E-state index is 13.1. The molecule has 0 bridgehead atoms. The smallest absolute Gasteiger partial charge is 0.336 e. The summed E-state index contributed by atoms with van der Waals surface area (Å²) in [4.78, 5) is 30.6. The minimum absolute atomic E-state index is 0.0559. The van der Waals surface area contributed by atoms with Gasteiger partial charge in [0.1, 0.15) is 6.61 Å². The van der Waals surface area contributed by atoms with Gasteiger partial charge in [-0.1, -0.05) is 19.9 Å². The molecular weight excluding hydrogens is 368 g/mol. The van der Waals surface area contributed by atoms with Crippen LogP contribution in [0.15, 0.2) is 46.9 Å². The molecule has 0 radical (unpaired) electrons. The molecule has 1 aliphatic heterocycles. The summed E-state index contributed by atoms with van der Waals surface area (Å²) in [6.07, 6.45) is 2.95. The van der Waals surface area contributed by atoms with Gasteiger partial charge in [0.05, 0.1) is 29.9 Å². The van der Waals surface area contributed by atoms with E-state index in [9.17, 15) is 9.59 Å². The lowest BCUT2D eigenvalue weighted by molar-refractivity contribution is -0.141.